The Morgan fingerprint density at radius 2 is 2.09 bits per heavy atom. The number of guanidine groups is 1. The maximum atomic E-state index is 5.22. The number of hydrogen-bond donors (Lipinski definition) is 2. The quantitative estimate of drug-likeness (QED) is 0.362. The van der Waals surface area contributed by atoms with Crippen LogP contribution in [0.2, 0.25) is 0 Å². The van der Waals surface area contributed by atoms with Gasteiger partial charge in [-0.1, -0.05) is 19.6 Å². The Hall–Kier alpha value is -1.25. The summed E-state index contributed by atoms with van der Waals surface area (Å²) in [5.41, 5.74) is 12.3. The molecule has 0 spiro atoms. The lowest BCUT2D eigenvalue weighted by molar-refractivity contribution is 1.03. The normalized spacial score (nSPS) is 11.8. The van der Waals surface area contributed by atoms with Gasteiger partial charge in [0.05, 0.1) is 0 Å². The van der Waals surface area contributed by atoms with E-state index in [-0.39, 0.29) is 5.96 Å². The van der Waals surface area contributed by atoms with Crippen LogP contribution in [0.25, 0.3) is 0 Å². The van der Waals surface area contributed by atoms with Gasteiger partial charge in [0.25, 0.3) is 0 Å². The molecule has 0 unspecified atom stereocenters. The van der Waals surface area contributed by atoms with E-state index in [2.05, 4.69) is 11.6 Å². The van der Waals surface area contributed by atoms with Gasteiger partial charge in [0.2, 0.25) is 0 Å². The molecule has 0 radical (unpaired) electrons. The van der Waals surface area contributed by atoms with Gasteiger partial charge in [0.15, 0.2) is 5.96 Å². The minimum absolute atomic E-state index is 0.100. The Kier molecular flexibility index (Phi) is 4.03. The predicted molar refractivity (Wildman–Crippen MR) is 49.0 cm³/mol. The van der Waals surface area contributed by atoms with Gasteiger partial charge in [0.1, 0.15) is 0 Å². The summed E-state index contributed by atoms with van der Waals surface area (Å²) in [5, 5.41) is 0. The summed E-state index contributed by atoms with van der Waals surface area (Å²) >= 11 is 0. The molecule has 11 heavy (non-hydrogen) atoms. The maximum Gasteiger partial charge on any atom is 0.190 e. The number of nitrogens with two attached hydrogens (primary N) is 2. The van der Waals surface area contributed by atoms with Gasteiger partial charge in [-0.3, -0.25) is 0 Å². The second kappa shape index (κ2) is 4.55. The first-order valence-electron chi connectivity index (χ1n) is 3.53. The fourth-order valence-electron chi connectivity index (χ4n) is 0.720. The fourth-order valence-corrected chi connectivity index (χ4v) is 0.720. The van der Waals surface area contributed by atoms with Crippen molar-refractivity contribution in [3.63, 3.8) is 0 Å². The summed E-state index contributed by atoms with van der Waals surface area (Å²) in [5.74, 6) is 0.100. The molecule has 0 aromatic rings. The van der Waals surface area contributed by atoms with Crippen molar-refractivity contribution in [3.05, 3.63) is 23.9 Å². The van der Waals surface area contributed by atoms with E-state index < -0.39 is 0 Å². The molecule has 0 aliphatic carbocycles. The average molecular weight is 153 g/mol. The van der Waals surface area contributed by atoms with Crippen LogP contribution < -0.4 is 11.5 Å². The molecule has 0 bridgehead atoms. The Bertz CT molecular complexity index is 197. The lowest BCUT2D eigenvalue weighted by Gasteiger charge is -2.00. The number of hydrogen-bond acceptors (Lipinski definition) is 1. The van der Waals surface area contributed by atoms with Crippen molar-refractivity contribution in [1.82, 2.24) is 0 Å². The van der Waals surface area contributed by atoms with Crippen LogP contribution in [0.5, 0.6) is 0 Å². The molecule has 62 valence electrons. The lowest BCUT2D eigenvalue weighted by atomic mass is 10.2. The second-order valence-electron chi connectivity index (χ2n) is 2.22. The molecule has 0 atom stereocenters. The molecular weight excluding hydrogens is 138 g/mol. The monoisotopic (exact) mass is 153 g/mol. The summed E-state index contributed by atoms with van der Waals surface area (Å²) in [7, 11) is 0. The Morgan fingerprint density at radius 1 is 1.55 bits per heavy atom. The first-order valence-corrected chi connectivity index (χ1v) is 3.53. The van der Waals surface area contributed by atoms with Crippen LogP contribution in [0.4, 0.5) is 0 Å². The van der Waals surface area contributed by atoms with E-state index in [1.165, 1.54) is 0 Å². The zero-order chi connectivity index (χ0) is 8.85. The molecule has 0 aromatic carbocycles. The SMILES string of the molecule is C=C/C(C)=C(/CC)N=C(N)N. The minimum Gasteiger partial charge on any atom is -0.370 e. The van der Waals surface area contributed by atoms with E-state index in [0.717, 1.165) is 17.7 Å². The maximum absolute atomic E-state index is 5.22. The Balaban J connectivity index is 4.66. The highest BCUT2D eigenvalue weighted by Gasteiger charge is 1.94. The number of allylic oxidation sites excluding steroid dienone is 3. The molecule has 0 amide bonds. The number of rotatable bonds is 3. The van der Waals surface area contributed by atoms with Crippen molar-refractivity contribution in [2.75, 3.05) is 0 Å². The van der Waals surface area contributed by atoms with Gasteiger partial charge in [-0.05, 0) is 18.9 Å². The summed E-state index contributed by atoms with van der Waals surface area (Å²) in [4.78, 5) is 3.95. The van der Waals surface area contributed by atoms with Crippen molar-refractivity contribution in [3.8, 4) is 0 Å². The minimum atomic E-state index is 0.100. The molecule has 0 aliphatic heterocycles. The van der Waals surface area contributed by atoms with Crippen LogP contribution in [-0.4, -0.2) is 5.96 Å². The van der Waals surface area contributed by atoms with Gasteiger partial charge >= 0.3 is 0 Å². The van der Waals surface area contributed by atoms with Crippen LogP contribution in [-0.2, 0) is 0 Å². The van der Waals surface area contributed by atoms with Crippen LogP contribution >= 0.6 is 0 Å². The molecule has 0 rings (SSSR count). The molecule has 0 heterocycles. The predicted octanol–water partition coefficient (Wildman–Crippen LogP) is 1.13. The fraction of sp³-hybridized carbons (Fsp3) is 0.375. The molecule has 3 heteroatoms. The van der Waals surface area contributed by atoms with Crippen molar-refractivity contribution in [2.24, 2.45) is 16.5 Å². The van der Waals surface area contributed by atoms with Crippen LogP contribution in [0.15, 0.2) is 28.9 Å². The smallest absolute Gasteiger partial charge is 0.190 e. The third kappa shape index (κ3) is 3.45. The molecule has 0 saturated heterocycles. The van der Waals surface area contributed by atoms with Gasteiger partial charge in [-0.2, -0.15) is 0 Å². The molecule has 4 N–H and O–H groups in total. The highest BCUT2D eigenvalue weighted by atomic mass is 15.0. The molecule has 0 fully saturated rings. The first kappa shape index (κ1) is 9.75. The lowest BCUT2D eigenvalue weighted by Crippen LogP contribution is -2.22. The van der Waals surface area contributed by atoms with Crippen LogP contribution in [0.1, 0.15) is 20.3 Å². The van der Waals surface area contributed by atoms with E-state index in [0.29, 0.717) is 0 Å². The highest BCUT2D eigenvalue weighted by Crippen LogP contribution is 2.09. The largest absolute Gasteiger partial charge is 0.370 e. The van der Waals surface area contributed by atoms with Crippen LogP contribution in [0, 0.1) is 0 Å². The van der Waals surface area contributed by atoms with E-state index in [4.69, 9.17) is 11.5 Å². The highest BCUT2D eigenvalue weighted by molar-refractivity contribution is 5.77. The third-order valence-corrected chi connectivity index (χ3v) is 1.36. The van der Waals surface area contributed by atoms with Gasteiger partial charge < -0.3 is 11.5 Å². The summed E-state index contributed by atoms with van der Waals surface area (Å²) in [6.07, 6.45) is 2.56. The summed E-state index contributed by atoms with van der Waals surface area (Å²) in [6.45, 7) is 7.55. The number of aliphatic imine (C=N–C) groups is 1. The van der Waals surface area contributed by atoms with Crippen molar-refractivity contribution >= 4 is 5.96 Å². The first-order chi connectivity index (χ1) is 5.11. The van der Waals surface area contributed by atoms with Gasteiger partial charge in [-0.25, -0.2) is 4.99 Å². The average Bonchev–Trinajstić information content (AvgIpc) is 1.98. The van der Waals surface area contributed by atoms with E-state index in [1.807, 2.05) is 13.8 Å². The summed E-state index contributed by atoms with van der Waals surface area (Å²) < 4.78 is 0. The second-order valence-corrected chi connectivity index (χ2v) is 2.22. The van der Waals surface area contributed by atoms with Crippen LogP contribution in [0.3, 0.4) is 0 Å². The number of nitrogens with zero attached hydrogens (tertiary/aromatic N) is 1. The van der Waals surface area contributed by atoms with E-state index in [1.54, 1.807) is 6.08 Å². The molecule has 3 nitrogen and oxygen atoms in total. The zero-order valence-electron chi connectivity index (χ0n) is 7.09. The standard InChI is InChI=1S/C8H15N3/c1-4-6(3)7(5-2)11-8(9)10/h4H,1,5H2,2-3H3,(H4,9,10,11)/b7-6-. The molecule has 0 aromatic heterocycles. The van der Waals surface area contributed by atoms with E-state index in [9.17, 15) is 0 Å². The molecule has 0 aliphatic rings. The van der Waals surface area contributed by atoms with Crippen molar-refractivity contribution in [1.29, 1.82) is 0 Å². The Labute approximate surface area is 67.5 Å². The van der Waals surface area contributed by atoms with Gasteiger partial charge in [-0.15, -0.1) is 0 Å². The van der Waals surface area contributed by atoms with Gasteiger partial charge in [0, 0.05) is 5.70 Å². The molecular formula is C8H15N3. The Morgan fingerprint density at radius 3 is 2.36 bits per heavy atom. The summed E-state index contributed by atoms with van der Waals surface area (Å²) in [6, 6.07) is 0. The van der Waals surface area contributed by atoms with Crippen molar-refractivity contribution < 1.29 is 0 Å². The zero-order valence-corrected chi connectivity index (χ0v) is 7.09. The third-order valence-electron chi connectivity index (χ3n) is 1.36. The van der Waals surface area contributed by atoms with Crippen molar-refractivity contribution in [2.45, 2.75) is 20.3 Å². The molecule has 0 saturated carbocycles. The van der Waals surface area contributed by atoms with E-state index >= 15 is 0 Å². The topological polar surface area (TPSA) is 64.4 Å².